The number of hydrogen-bond acceptors (Lipinski definition) is 4. The van der Waals surface area contributed by atoms with Crippen molar-refractivity contribution < 1.29 is 17.9 Å². The largest absolute Gasteiger partial charge is 0.382 e. The number of sulfonamides is 1. The van der Waals surface area contributed by atoms with E-state index in [1.807, 2.05) is 6.92 Å². The van der Waals surface area contributed by atoms with Gasteiger partial charge >= 0.3 is 0 Å². The fraction of sp³-hybridized carbons (Fsp3) is 1.00. The fourth-order valence-electron chi connectivity index (χ4n) is 2.20. The lowest BCUT2D eigenvalue weighted by Crippen LogP contribution is -2.40. The van der Waals surface area contributed by atoms with Gasteiger partial charge in [-0.15, -0.1) is 0 Å². The van der Waals surface area contributed by atoms with Gasteiger partial charge in [-0.1, -0.05) is 13.3 Å². The zero-order valence-corrected chi connectivity index (χ0v) is 13.0. The summed E-state index contributed by atoms with van der Waals surface area (Å²) in [7, 11) is -1.37. The molecule has 1 aliphatic rings. The summed E-state index contributed by atoms with van der Waals surface area (Å²) in [4.78, 5) is 0. The first-order valence-corrected chi connectivity index (χ1v) is 8.75. The quantitative estimate of drug-likeness (QED) is 0.604. The summed E-state index contributed by atoms with van der Waals surface area (Å²) < 4.78 is 36.1. The lowest BCUT2D eigenvalue weighted by atomic mass is 9.99. The van der Waals surface area contributed by atoms with Crippen LogP contribution in [0.3, 0.4) is 0 Å². The molecular weight excluding hydrogens is 266 g/mol. The van der Waals surface area contributed by atoms with Gasteiger partial charge in [0.2, 0.25) is 10.0 Å². The second-order valence-electron chi connectivity index (χ2n) is 5.08. The Labute approximate surface area is 117 Å². The van der Waals surface area contributed by atoms with Gasteiger partial charge in [0.25, 0.3) is 0 Å². The molecule has 0 spiro atoms. The molecular formula is C13H27NO4S. The molecule has 0 aromatic carbocycles. The smallest absolute Gasteiger partial charge is 0.214 e. The molecule has 6 heteroatoms. The zero-order chi connectivity index (χ0) is 14.1. The topological polar surface area (TPSA) is 55.8 Å². The van der Waals surface area contributed by atoms with Gasteiger partial charge in [0.05, 0.1) is 19.0 Å². The lowest BCUT2D eigenvalue weighted by Gasteiger charge is -2.31. The monoisotopic (exact) mass is 293 g/mol. The molecule has 0 bridgehead atoms. The molecule has 1 heterocycles. The van der Waals surface area contributed by atoms with E-state index in [-0.39, 0.29) is 0 Å². The standard InChI is InChI=1S/C13H27NO4S/c1-3-4-11-19(15,16)14-7-5-13(6-8-14)12-18-10-9-17-2/h13H,3-12H2,1-2H3. The summed E-state index contributed by atoms with van der Waals surface area (Å²) in [6.07, 6.45) is 3.47. The van der Waals surface area contributed by atoms with Crippen LogP contribution in [0.2, 0.25) is 0 Å². The van der Waals surface area contributed by atoms with Crippen LogP contribution < -0.4 is 0 Å². The Bertz CT molecular complexity index is 324. The Morgan fingerprint density at radius 1 is 1.21 bits per heavy atom. The summed E-state index contributed by atoms with van der Waals surface area (Å²) >= 11 is 0. The number of ether oxygens (including phenoxy) is 2. The maximum absolute atomic E-state index is 12.0. The molecule has 1 aliphatic heterocycles. The molecule has 0 aromatic rings. The number of rotatable bonds is 9. The van der Waals surface area contributed by atoms with Gasteiger partial charge in [0.1, 0.15) is 0 Å². The van der Waals surface area contributed by atoms with Crippen LogP contribution in [-0.4, -0.2) is 58.5 Å². The van der Waals surface area contributed by atoms with Gasteiger partial charge in [-0.25, -0.2) is 12.7 Å². The van der Waals surface area contributed by atoms with Crippen LogP contribution in [0.1, 0.15) is 32.6 Å². The van der Waals surface area contributed by atoms with E-state index in [9.17, 15) is 8.42 Å². The SMILES string of the molecule is CCCCS(=O)(=O)N1CCC(COCCOC)CC1. The highest BCUT2D eigenvalue weighted by atomic mass is 32.2. The van der Waals surface area contributed by atoms with Crippen molar-refractivity contribution in [2.75, 3.05) is 45.8 Å². The van der Waals surface area contributed by atoms with Crippen LogP contribution in [0.4, 0.5) is 0 Å². The predicted octanol–water partition coefficient (Wildman–Crippen LogP) is 1.49. The molecule has 0 unspecified atom stereocenters. The van der Waals surface area contributed by atoms with Crippen LogP contribution in [0, 0.1) is 5.92 Å². The number of piperidine rings is 1. The average Bonchev–Trinajstić information content (AvgIpc) is 2.42. The fourth-order valence-corrected chi connectivity index (χ4v) is 3.88. The molecule has 114 valence electrons. The molecule has 19 heavy (non-hydrogen) atoms. The Kier molecular flexibility index (Phi) is 7.90. The van der Waals surface area contributed by atoms with E-state index in [0.29, 0.717) is 44.6 Å². The lowest BCUT2D eigenvalue weighted by molar-refractivity contribution is 0.0410. The first-order chi connectivity index (χ1) is 9.10. The number of methoxy groups -OCH3 is 1. The molecule has 0 N–H and O–H groups in total. The maximum Gasteiger partial charge on any atom is 0.214 e. The molecule has 0 aliphatic carbocycles. The maximum atomic E-state index is 12.0. The summed E-state index contributed by atoms with van der Waals surface area (Å²) in [6.45, 7) is 5.25. The van der Waals surface area contributed by atoms with Crippen molar-refractivity contribution in [2.45, 2.75) is 32.6 Å². The first kappa shape index (κ1) is 16.9. The normalized spacial score (nSPS) is 18.8. The third-order valence-electron chi connectivity index (χ3n) is 3.51. The minimum Gasteiger partial charge on any atom is -0.382 e. The van der Waals surface area contributed by atoms with Gasteiger partial charge in [-0.2, -0.15) is 0 Å². The highest BCUT2D eigenvalue weighted by Gasteiger charge is 2.27. The third kappa shape index (κ3) is 6.21. The van der Waals surface area contributed by atoms with E-state index in [0.717, 1.165) is 25.7 Å². The molecule has 0 radical (unpaired) electrons. The van der Waals surface area contributed by atoms with Gasteiger partial charge in [0.15, 0.2) is 0 Å². The van der Waals surface area contributed by atoms with Crippen LogP contribution in [0.25, 0.3) is 0 Å². The van der Waals surface area contributed by atoms with E-state index in [2.05, 4.69) is 0 Å². The number of unbranched alkanes of at least 4 members (excludes halogenated alkanes) is 1. The summed E-state index contributed by atoms with van der Waals surface area (Å²) in [5, 5.41) is 0. The van der Waals surface area contributed by atoms with Gasteiger partial charge in [-0.3, -0.25) is 0 Å². The number of hydrogen-bond donors (Lipinski definition) is 0. The molecule has 0 amide bonds. The van der Waals surface area contributed by atoms with Gasteiger partial charge < -0.3 is 9.47 Å². The molecule has 1 rings (SSSR count). The van der Waals surface area contributed by atoms with Crippen LogP contribution in [-0.2, 0) is 19.5 Å². The minimum absolute atomic E-state index is 0.290. The average molecular weight is 293 g/mol. The summed E-state index contributed by atoms with van der Waals surface area (Å²) in [6, 6.07) is 0. The Morgan fingerprint density at radius 2 is 1.89 bits per heavy atom. The van der Waals surface area contributed by atoms with Crippen molar-refractivity contribution in [3.63, 3.8) is 0 Å². The molecule has 1 saturated heterocycles. The van der Waals surface area contributed by atoms with Crippen molar-refractivity contribution in [1.29, 1.82) is 0 Å². The first-order valence-electron chi connectivity index (χ1n) is 7.14. The van der Waals surface area contributed by atoms with E-state index < -0.39 is 10.0 Å². The van der Waals surface area contributed by atoms with E-state index in [1.165, 1.54) is 0 Å². The summed E-state index contributed by atoms with van der Waals surface area (Å²) in [5.74, 6) is 0.771. The summed E-state index contributed by atoms with van der Waals surface area (Å²) in [5.41, 5.74) is 0. The van der Waals surface area contributed by atoms with E-state index >= 15 is 0 Å². The third-order valence-corrected chi connectivity index (χ3v) is 5.46. The van der Waals surface area contributed by atoms with Gasteiger partial charge in [0, 0.05) is 26.8 Å². The van der Waals surface area contributed by atoms with Crippen LogP contribution >= 0.6 is 0 Å². The molecule has 0 saturated carbocycles. The van der Waals surface area contributed by atoms with Crippen LogP contribution in [0.5, 0.6) is 0 Å². The predicted molar refractivity (Wildman–Crippen MR) is 75.7 cm³/mol. The van der Waals surface area contributed by atoms with Crippen molar-refractivity contribution in [3.05, 3.63) is 0 Å². The number of nitrogens with zero attached hydrogens (tertiary/aromatic N) is 1. The minimum atomic E-state index is -3.03. The molecule has 0 atom stereocenters. The molecule has 0 aromatic heterocycles. The zero-order valence-electron chi connectivity index (χ0n) is 12.1. The van der Waals surface area contributed by atoms with E-state index in [1.54, 1.807) is 11.4 Å². The van der Waals surface area contributed by atoms with E-state index in [4.69, 9.17) is 9.47 Å². The second kappa shape index (κ2) is 8.89. The second-order valence-corrected chi connectivity index (χ2v) is 7.17. The van der Waals surface area contributed by atoms with Gasteiger partial charge in [-0.05, 0) is 25.2 Å². The van der Waals surface area contributed by atoms with Crippen molar-refractivity contribution in [1.82, 2.24) is 4.31 Å². The van der Waals surface area contributed by atoms with Crippen LogP contribution in [0.15, 0.2) is 0 Å². The Balaban J connectivity index is 2.24. The van der Waals surface area contributed by atoms with Crippen molar-refractivity contribution in [2.24, 2.45) is 5.92 Å². The Hall–Kier alpha value is -0.170. The molecule has 5 nitrogen and oxygen atoms in total. The van der Waals surface area contributed by atoms with Crippen molar-refractivity contribution >= 4 is 10.0 Å². The van der Waals surface area contributed by atoms with Crippen molar-refractivity contribution in [3.8, 4) is 0 Å². The molecule has 1 fully saturated rings. The highest BCUT2D eigenvalue weighted by molar-refractivity contribution is 7.89. The Morgan fingerprint density at radius 3 is 2.47 bits per heavy atom. The highest BCUT2D eigenvalue weighted by Crippen LogP contribution is 2.20.